The third-order valence-corrected chi connectivity index (χ3v) is 3.08. The van der Waals surface area contributed by atoms with Crippen LogP contribution in [0.25, 0.3) is 0 Å². The molecule has 0 bridgehead atoms. The standard InChI is InChI=1S/C17H13ClO3/c1-20-16-9-13(14(11-19)10-17(16)21-2)7-6-12-4-3-5-15(18)8-12/h3-5,8-11H,1-2H3. The van der Waals surface area contributed by atoms with Crippen LogP contribution in [-0.4, -0.2) is 20.5 Å². The van der Waals surface area contributed by atoms with Gasteiger partial charge in [-0.2, -0.15) is 0 Å². The third kappa shape index (κ3) is 3.56. The van der Waals surface area contributed by atoms with Crippen molar-refractivity contribution in [2.45, 2.75) is 0 Å². The predicted octanol–water partition coefficient (Wildman–Crippen LogP) is 3.57. The summed E-state index contributed by atoms with van der Waals surface area (Å²) in [5.74, 6) is 6.95. The van der Waals surface area contributed by atoms with E-state index in [1.807, 2.05) is 12.1 Å². The maximum Gasteiger partial charge on any atom is 0.162 e. The molecule has 2 aromatic carbocycles. The van der Waals surface area contributed by atoms with Crippen molar-refractivity contribution in [2.75, 3.05) is 14.2 Å². The minimum Gasteiger partial charge on any atom is -0.493 e. The van der Waals surface area contributed by atoms with Crippen molar-refractivity contribution in [1.82, 2.24) is 0 Å². The zero-order valence-electron chi connectivity index (χ0n) is 11.6. The summed E-state index contributed by atoms with van der Waals surface area (Å²) in [4.78, 5) is 11.2. The second kappa shape index (κ2) is 6.83. The lowest BCUT2D eigenvalue weighted by Crippen LogP contribution is -1.95. The quantitative estimate of drug-likeness (QED) is 0.642. The first-order valence-electron chi connectivity index (χ1n) is 6.16. The zero-order chi connectivity index (χ0) is 15.2. The SMILES string of the molecule is COc1cc(C#Cc2cccc(Cl)c2)c(C=O)cc1OC. The van der Waals surface area contributed by atoms with E-state index >= 15 is 0 Å². The summed E-state index contributed by atoms with van der Waals surface area (Å²) in [6.07, 6.45) is 0.740. The van der Waals surface area contributed by atoms with Gasteiger partial charge in [0.25, 0.3) is 0 Å². The van der Waals surface area contributed by atoms with Gasteiger partial charge in [0.05, 0.1) is 14.2 Å². The topological polar surface area (TPSA) is 35.5 Å². The Morgan fingerprint density at radius 1 is 1.05 bits per heavy atom. The minimum atomic E-state index is 0.446. The van der Waals surface area contributed by atoms with Crippen LogP contribution in [0.5, 0.6) is 11.5 Å². The summed E-state index contributed by atoms with van der Waals surface area (Å²) in [5.41, 5.74) is 1.79. The van der Waals surface area contributed by atoms with E-state index in [4.69, 9.17) is 21.1 Å². The second-order valence-corrected chi connectivity index (χ2v) is 4.61. The first kappa shape index (κ1) is 15.0. The van der Waals surface area contributed by atoms with Crippen molar-refractivity contribution < 1.29 is 14.3 Å². The zero-order valence-corrected chi connectivity index (χ0v) is 12.4. The number of aldehydes is 1. The van der Waals surface area contributed by atoms with E-state index < -0.39 is 0 Å². The monoisotopic (exact) mass is 300 g/mol. The average molecular weight is 301 g/mol. The van der Waals surface area contributed by atoms with Crippen LogP contribution in [0.2, 0.25) is 5.02 Å². The fourth-order valence-corrected chi connectivity index (χ4v) is 2.00. The normalized spacial score (nSPS) is 9.48. The van der Waals surface area contributed by atoms with Gasteiger partial charge in [-0.05, 0) is 24.3 Å². The van der Waals surface area contributed by atoms with E-state index in [2.05, 4.69) is 11.8 Å². The summed E-state index contributed by atoms with van der Waals surface area (Å²) in [6.45, 7) is 0. The molecule has 0 radical (unpaired) electrons. The number of halogens is 1. The van der Waals surface area contributed by atoms with Gasteiger partial charge in [0.2, 0.25) is 0 Å². The summed E-state index contributed by atoms with van der Waals surface area (Å²) < 4.78 is 10.4. The van der Waals surface area contributed by atoms with Crippen LogP contribution < -0.4 is 9.47 Å². The summed E-state index contributed by atoms with van der Waals surface area (Å²) in [7, 11) is 3.05. The van der Waals surface area contributed by atoms with E-state index in [1.54, 1.807) is 24.3 Å². The molecular formula is C17H13ClO3. The maximum absolute atomic E-state index is 11.2. The smallest absolute Gasteiger partial charge is 0.162 e. The molecule has 0 N–H and O–H groups in total. The molecule has 0 saturated carbocycles. The van der Waals surface area contributed by atoms with Gasteiger partial charge in [-0.3, -0.25) is 4.79 Å². The molecule has 0 fully saturated rings. The van der Waals surface area contributed by atoms with Gasteiger partial charge in [-0.25, -0.2) is 0 Å². The molecule has 0 atom stereocenters. The van der Waals surface area contributed by atoms with E-state index in [9.17, 15) is 4.79 Å². The largest absolute Gasteiger partial charge is 0.493 e. The lowest BCUT2D eigenvalue weighted by Gasteiger charge is -2.09. The molecule has 0 aromatic heterocycles. The number of methoxy groups -OCH3 is 2. The van der Waals surface area contributed by atoms with Crippen molar-refractivity contribution in [3.8, 4) is 23.3 Å². The molecule has 0 unspecified atom stereocenters. The molecule has 0 spiro atoms. The van der Waals surface area contributed by atoms with E-state index in [-0.39, 0.29) is 0 Å². The average Bonchev–Trinajstić information content (AvgIpc) is 2.52. The fraction of sp³-hybridized carbons (Fsp3) is 0.118. The molecular weight excluding hydrogens is 288 g/mol. The molecule has 0 aliphatic carbocycles. The van der Waals surface area contributed by atoms with Crippen LogP contribution in [0.1, 0.15) is 21.5 Å². The van der Waals surface area contributed by atoms with Crippen molar-refractivity contribution in [3.05, 3.63) is 58.1 Å². The Hall–Kier alpha value is -2.44. The molecule has 2 rings (SSSR count). The maximum atomic E-state index is 11.2. The van der Waals surface area contributed by atoms with Crippen LogP contribution >= 0.6 is 11.6 Å². The Balaban J connectivity index is 2.47. The molecule has 106 valence electrons. The second-order valence-electron chi connectivity index (χ2n) is 4.17. The van der Waals surface area contributed by atoms with Crippen LogP contribution in [0.15, 0.2) is 36.4 Å². The van der Waals surface area contributed by atoms with Gasteiger partial charge in [-0.1, -0.05) is 29.5 Å². The van der Waals surface area contributed by atoms with E-state index in [0.717, 1.165) is 11.8 Å². The Bertz CT molecular complexity index is 727. The van der Waals surface area contributed by atoms with Crippen molar-refractivity contribution >= 4 is 17.9 Å². The molecule has 21 heavy (non-hydrogen) atoms. The summed E-state index contributed by atoms with van der Waals surface area (Å²) >= 11 is 5.91. The van der Waals surface area contributed by atoms with Crippen LogP contribution in [0.3, 0.4) is 0 Å². The highest BCUT2D eigenvalue weighted by Gasteiger charge is 2.09. The van der Waals surface area contributed by atoms with Crippen molar-refractivity contribution in [2.24, 2.45) is 0 Å². The molecule has 0 aliphatic rings. The van der Waals surface area contributed by atoms with Gasteiger partial charge in [0.1, 0.15) is 0 Å². The summed E-state index contributed by atoms with van der Waals surface area (Å²) in [6, 6.07) is 10.5. The number of benzene rings is 2. The third-order valence-electron chi connectivity index (χ3n) is 2.85. The highest BCUT2D eigenvalue weighted by molar-refractivity contribution is 6.30. The predicted molar refractivity (Wildman–Crippen MR) is 82.4 cm³/mol. The van der Waals surface area contributed by atoms with Crippen molar-refractivity contribution in [3.63, 3.8) is 0 Å². The number of ether oxygens (including phenoxy) is 2. The molecule has 0 amide bonds. The number of carbonyl (C=O) groups is 1. The lowest BCUT2D eigenvalue weighted by atomic mass is 10.1. The molecule has 0 heterocycles. The highest BCUT2D eigenvalue weighted by atomic mass is 35.5. The van der Waals surface area contributed by atoms with Gasteiger partial charge in [0.15, 0.2) is 17.8 Å². The van der Waals surface area contributed by atoms with Crippen LogP contribution in [0, 0.1) is 11.8 Å². The van der Waals surface area contributed by atoms with E-state index in [0.29, 0.717) is 27.6 Å². The Labute approximate surface area is 128 Å². The molecule has 0 aliphatic heterocycles. The fourth-order valence-electron chi connectivity index (χ4n) is 1.81. The van der Waals surface area contributed by atoms with Crippen LogP contribution in [0.4, 0.5) is 0 Å². The Morgan fingerprint density at radius 3 is 2.38 bits per heavy atom. The lowest BCUT2D eigenvalue weighted by molar-refractivity contribution is 0.112. The first-order chi connectivity index (χ1) is 10.2. The Kier molecular flexibility index (Phi) is 4.86. The van der Waals surface area contributed by atoms with Crippen LogP contribution in [-0.2, 0) is 0 Å². The molecule has 0 saturated heterocycles. The van der Waals surface area contributed by atoms with Gasteiger partial charge < -0.3 is 9.47 Å². The van der Waals surface area contributed by atoms with E-state index in [1.165, 1.54) is 14.2 Å². The van der Waals surface area contributed by atoms with Gasteiger partial charge >= 0.3 is 0 Å². The highest BCUT2D eigenvalue weighted by Crippen LogP contribution is 2.29. The number of rotatable bonds is 3. The van der Waals surface area contributed by atoms with Gasteiger partial charge in [0, 0.05) is 27.8 Å². The first-order valence-corrected chi connectivity index (χ1v) is 6.54. The Morgan fingerprint density at radius 2 is 1.76 bits per heavy atom. The van der Waals surface area contributed by atoms with Gasteiger partial charge in [-0.15, -0.1) is 0 Å². The molecule has 4 heteroatoms. The summed E-state index contributed by atoms with van der Waals surface area (Å²) in [5, 5.41) is 0.615. The number of hydrogen-bond acceptors (Lipinski definition) is 3. The number of hydrogen-bond donors (Lipinski definition) is 0. The number of carbonyl (C=O) groups excluding carboxylic acids is 1. The van der Waals surface area contributed by atoms with Crippen molar-refractivity contribution in [1.29, 1.82) is 0 Å². The molecule has 2 aromatic rings. The minimum absolute atomic E-state index is 0.446. The molecule has 3 nitrogen and oxygen atoms in total.